The fourth-order valence-electron chi connectivity index (χ4n) is 3.86. The minimum atomic E-state index is -0.492. The van der Waals surface area contributed by atoms with Gasteiger partial charge >= 0.3 is 5.97 Å². The predicted octanol–water partition coefficient (Wildman–Crippen LogP) is -0.0318. The highest BCUT2D eigenvalue weighted by molar-refractivity contribution is 5.86. The van der Waals surface area contributed by atoms with Crippen LogP contribution in [-0.4, -0.2) is 66.1 Å². The molecular weight excluding hydrogens is 348 g/mol. The van der Waals surface area contributed by atoms with Crippen molar-refractivity contribution in [2.45, 2.75) is 37.1 Å². The van der Waals surface area contributed by atoms with Crippen LogP contribution in [0.25, 0.3) is 0 Å². The Morgan fingerprint density at radius 3 is 2.89 bits per heavy atom. The minimum Gasteiger partial charge on any atom is -0.464 e. The number of aromatic nitrogens is 3. The molecule has 1 aromatic carbocycles. The largest absolute Gasteiger partial charge is 0.464 e. The third kappa shape index (κ3) is 3.87. The van der Waals surface area contributed by atoms with Crippen LogP contribution < -0.4 is 5.32 Å². The summed E-state index contributed by atoms with van der Waals surface area (Å²) in [6.45, 7) is 2.21. The molecule has 0 unspecified atom stereocenters. The molecule has 0 saturated carbocycles. The first-order valence-electron chi connectivity index (χ1n) is 9.37. The quantitative estimate of drug-likeness (QED) is 0.541. The van der Waals surface area contributed by atoms with Gasteiger partial charge in [0.1, 0.15) is 30.9 Å². The molecule has 2 aromatic rings. The van der Waals surface area contributed by atoms with Crippen molar-refractivity contribution in [3.8, 4) is 0 Å². The van der Waals surface area contributed by atoms with Crippen molar-refractivity contribution in [3.05, 3.63) is 47.8 Å². The van der Waals surface area contributed by atoms with Crippen molar-refractivity contribution < 1.29 is 24.3 Å². The molecule has 4 atom stereocenters. The summed E-state index contributed by atoms with van der Waals surface area (Å²) in [4.78, 5) is 11.6. The first kappa shape index (κ1) is 18.1. The van der Waals surface area contributed by atoms with Gasteiger partial charge in [-0.1, -0.05) is 35.5 Å². The van der Waals surface area contributed by atoms with Gasteiger partial charge in [0.15, 0.2) is 5.69 Å². The van der Waals surface area contributed by atoms with Crippen molar-refractivity contribution >= 4 is 5.97 Å². The maximum Gasteiger partial charge on any atom is 0.360 e. The number of fused-ring (bicyclic) bond motifs is 1. The first-order valence-corrected chi connectivity index (χ1v) is 9.37. The molecule has 144 valence electrons. The van der Waals surface area contributed by atoms with Crippen molar-refractivity contribution in [3.63, 3.8) is 0 Å². The first-order chi connectivity index (χ1) is 13.3. The number of esters is 1. The Morgan fingerprint density at radius 2 is 2.07 bits per heavy atom. The van der Waals surface area contributed by atoms with E-state index < -0.39 is 5.97 Å². The Morgan fingerprint density at radius 1 is 1.26 bits per heavy atom. The second-order valence-corrected chi connectivity index (χ2v) is 7.02. The maximum absolute atomic E-state index is 11.6. The number of rotatable bonds is 7. The highest BCUT2D eigenvalue weighted by Gasteiger charge is 2.50. The molecule has 27 heavy (non-hydrogen) atoms. The van der Waals surface area contributed by atoms with E-state index in [0.29, 0.717) is 19.3 Å². The zero-order valence-electron chi connectivity index (χ0n) is 15.4. The molecule has 0 spiro atoms. The number of carbonyl (C=O) groups excluding carboxylic acids is 1. The summed E-state index contributed by atoms with van der Waals surface area (Å²) in [5, 5.41) is 10.3. The molecule has 2 aliphatic heterocycles. The van der Waals surface area contributed by atoms with Gasteiger partial charge in [-0.15, -0.1) is 5.10 Å². The zero-order chi connectivity index (χ0) is 18.6. The lowest BCUT2D eigenvalue weighted by Crippen LogP contribution is -2.92. The van der Waals surface area contributed by atoms with E-state index in [1.165, 1.54) is 12.7 Å². The second kappa shape index (κ2) is 8.16. The summed E-state index contributed by atoms with van der Waals surface area (Å²) in [5.41, 5.74) is 1.57. The lowest BCUT2D eigenvalue weighted by Gasteiger charge is -2.15. The van der Waals surface area contributed by atoms with Crippen LogP contribution in [0.2, 0.25) is 0 Å². The Kier molecular flexibility index (Phi) is 5.47. The van der Waals surface area contributed by atoms with E-state index in [4.69, 9.17) is 9.47 Å². The summed E-state index contributed by atoms with van der Waals surface area (Å²) in [6.07, 6.45) is 3.78. The van der Waals surface area contributed by atoms with Crippen LogP contribution in [0.15, 0.2) is 36.5 Å². The zero-order valence-corrected chi connectivity index (χ0v) is 15.4. The molecule has 1 aromatic heterocycles. The monoisotopic (exact) mass is 373 g/mol. The van der Waals surface area contributed by atoms with Gasteiger partial charge in [-0.2, -0.15) is 0 Å². The number of ether oxygens (including phenoxy) is 3. The molecule has 0 aliphatic carbocycles. The number of carbonyl (C=O) groups is 1. The second-order valence-electron chi connectivity index (χ2n) is 7.02. The average molecular weight is 373 g/mol. The number of hydrogen-bond acceptors (Lipinski definition) is 6. The van der Waals surface area contributed by atoms with Gasteiger partial charge in [-0.05, 0) is 12.0 Å². The van der Waals surface area contributed by atoms with E-state index in [1.807, 2.05) is 6.07 Å². The highest BCUT2D eigenvalue weighted by Crippen LogP contribution is 2.32. The number of hydrogen-bond donors (Lipinski definition) is 1. The minimum absolute atomic E-state index is 0.0394. The highest BCUT2D eigenvalue weighted by atomic mass is 16.6. The molecule has 0 bridgehead atoms. The van der Waals surface area contributed by atoms with E-state index in [0.717, 1.165) is 19.4 Å². The summed E-state index contributed by atoms with van der Waals surface area (Å²) in [7, 11) is 1.33. The number of methoxy groups -OCH3 is 1. The van der Waals surface area contributed by atoms with Gasteiger partial charge in [-0.3, -0.25) is 0 Å². The Bertz CT molecular complexity index is 766. The van der Waals surface area contributed by atoms with Crippen LogP contribution >= 0.6 is 0 Å². The van der Waals surface area contributed by atoms with Crippen LogP contribution in [0.4, 0.5) is 0 Å². The lowest BCUT2D eigenvalue weighted by molar-refractivity contribution is -0.693. The molecule has 8 heteroatoms. The standard InChI is InChI=1S/C19H24N4O4/c1-25-19(24)14-10-23(22-21-14)16-12-27-17-15(11-26-18(16)17)20-9-5-8-13-6-3-2-4-7-13/h2-4,6-7,10,15-18,20H,5,8-9,11-12H2,1H3/p+1/t15-,16-,17+,18+/m0/s1. The third-order valence-corrected chi connectivity index (χ3v) is 5.29. The SMILES string of the molecule is COC(=O)c1cn([C@H]2CO[C@H]3[C@@H]2OC[C@@H]3[NH2+]CCCc2ccccc2)nn1. The molecule has 2 N–H and O–H groups in total. The van der Waals surface area contributed by atoms with Gasteiger partial charge < -0.3 is 19.5 Å². The summed E-state index contributed by atoms with van der Waals surface area (Å²) >= 11 is 0. The fourth-order valence-corrected chi connectivity index (χ4v) is 3.86. The molecular formula is C19H25N4O4+. The van der Waals surface area contributed by atoms with Crippen LogP contribution in [0.3, 0.4) is 0 Å². The van der Waals surface area contributed by atoms with Gasteiger partial charge in [-0.25, -0.2) is 9.48 Å². The van der Waals surface area contributed by atoms with Gasteiger partial charge in [0.05, 0.1) is 26.5 Å². The van der Waals surface area contributed by atoms with Crippen molar-refractivity contribution in [1.82, 2.24) is 15.0 Å². The summed E-state index contributed by atoms with van der Waals surface area (Å²) < 4.78 is 18.4. The Hall–Kier alpha value is -2.29. The van der Waals surface area contributed by atoms with Gasteiger partial charge in [0, 0.05) is 6.42 Å². The predicted molar refractivity (Wildman–Crippen MR) is 95.2 cm³/mol. The molecule has 2 saturated heterocycles. The van der Waals surface area contributed by atoms with E-state index >= 15 is 0 Å². The molecule has 3 heterocycles. The molecule has 0 amide bonds. The van der Waals surface area contributed by atoms with E-state index in [2.05, 4.69) is 44.6 Å². The van der Waals surface area contributed by atoms with E-state index in [9.17, 15) is 4.79 Å². The summed E-state index contributed by atoms with van der Waals surface area (Å²) in [5.74, 6) is -0.492. The van der Waals surface area contributed by atoms with E-state index in [-0.39, 0.29) is 23.9 Å². The van der Waals surface area contributed by atoms with Crippen molar-refractivity contribution in [1.29, 1.82) is 0 Å². The maximum atomic E-state index is 11.6. The topological polar surface area (TPSA) is 92.1 Å². The lowest BCUT2D eigenvalue weighted by atomic mass is 10.1. The average Bonchev–Trinajstić information content (AvgIpc) is 3.42. The molecule has 0 radical (unpaired) electrons. The number of nitrogens with two attached hydrogens (primary N) is 1. The number of nitrogens with zero attached hydrogens (tertiary/aromatic N) is 3. The number of aryl methyl sites for hydroxylation is 1. The third-order valence-electron chi connectivity index (χ3n) is 5.29. The van der Waals surface area contributed by atoms with E-state index in [1.54, 1.807) is 10.9 Å². The smallest absolute Gasteiger partial charge is 0.360 e. The molecule has 4 rings (SSSR count). The Labute approximate surface area is 157 Å². The number of benzene rings is 1. The van der Waals surface area contributed by atoms with Crippen LogP contribution in [-0.2, 0) is 20.6 Å². The number of quaternary nitrogens is 1. The van der Waals surface area contributed by atoms with Crippen molar-refractivity contribution in [2.75, 3.05) is 26.9 Å². The van der Waals surface area contributed by atoms with Crippen LogP contribution in [0, 0.1) is 0 Å². The summed E-state index contributed by atoms with van der Waals surface area (Å²) in [6, 6.07) is 10.8. The fraction of sp³-hybridized carbons (Fsp3) is 0.526. The molecule has 2 aliphatic rings. The molecule has 8 nitrogen and oxygen atoms in total. The normalized spacial score (nSPS) is 26.9. The van der Waals surface area contributed by atoms with Crippen LogP contribution in [0.1, 0.15) is 28.5 Å². The van der Waals surface area contributed by atoms with Crippen LogP contribution in [0.5, 0.6) is 0 Å². The molecule has 2 fully saturated rings. The van der Waals surface area contributed by atoms with Crippen molar-refractivity contribution in [2.24, 2.45) is 0 Å². The van der Waals surface area contributed by atoms with Gasteiger partial charge in [0.25, 0.3) is 0 Å². The van der Waals surface area contributed by atoms with Gasteiger partial charge in [0.2, 0.25) is 0 Å². The Balaban J connectivity index is 1.28.